The number of hydrogen-bond acceptors (Lipinski definition) is 4. The molecule has 0 saturated heterocycles. The second-order valence-electron chi connectivity index (χ2n) is 7.64. The predicted molar refractivity (Wildman–Crippen MR) is 137 cm³/mol. The van der Waals surface area contributed by atoms with Crippen molar-refractivity contribution in [2.24, 2.45) is 0 Å². The van der Waals surface area contributed by atoms with Gasteiger partial charge in [-0.25, -0.2) is 4.79 Å². The highest BCUT2D eigenvalue weighted by Gasteiger charge is 2.12. The van der Waals surface area contributed by atoms with Crippen molar-refractivity contribution in [2.75, 3.05) is 5.32 Å². The molecule has 1 aromatic heterocycles. The summed E-state index contributed by atoms with van der Waals surface area (Å²) in [6.45, 7) is 1.65. The SMILES string of the molecule is Cc1ncc(-c2cccc(C(=O)Nc3ccc(CSc4cccc(Cl)c4)cc3)c2)cc1C(=O)O. The number of amides is 1. The molecule has 4 rings (SSSR count). The Morgan fingerprint density at radius 3 is 2.47 bits per heavy atom. The van der Waals surface area contributed by atoms with E-state index in [1.54, 1.807) is 49.1 Å². The minimum absolute atomic E-state index is 0.140. The van der Waals surface area contributed by atoms with Crippen molar-refractivity contribution in [2.45, 2.75) is 17.6 Å². The Labute approximate surface area is 206 Å². The van der Waals surface area contributed by atoms with Crippen LogP contribution < -0.4 is 5.32 Å². The molecule has 0 aliphatic heterocycles. The van der Waals surface area contributed by atoms with Crippen LogP contribution in [-0.2, 0) is 5.75 Å². The number of carboxylic acid groups (broad SMARTS) is 1. The van der Waals surface area contributed by atoms with Crippen LogP contribution in [-0.4, -0.2) is 22.0 Å². The van der Waals surface area contributed by atoms with Gasteiger partial charge in [0.05, 0.1) is 11.3 Å². The van der Waals surface area contributed by atoms with E-state index in [-0.39, 0.29) is 11.5 Å². The Balaban J connectivity index is 1.43. The zero-order chi connectivity index (χ0) is 24.1. The molecule has 34 heavy (non-hydrogen) atoms. The number of pyridine rings is 1. The van der Waals surface area contributed by atoms with Crippen molar-refractivity contribution in [1.29, 1.82) is 0 Å². The number of hydrogen-bond donors (Lipinski definition) is 2. The zero-order valence-corrected chi connectivity index (χ0v) is 19.9. The topological polar surface area (TPSA) is 79.3 Å². The molecule has 7 heteroatoms. The maximum atomic E-state index is 12.8. The van der Waals surface area contributed by atoms with Crippen LogP contribution in [0.15, 0.2) is 90.0 Å². The molecule has 4 aromatic rings. The number of benzene rings is 3. The lowest BCUT2D eigenvalue weighted by molar-refractivity contribution is 0.0695. The van der Waals surface area contributed by atoms with Crippen LogP contribution in [0.25, 0.3) is 11.1 Å². The van der Waals surface area contributed by atoms with Crippen LogP contribution >= 0.6 is 23.4 Å². The van der Waals surface area contributed by atoms with Gasteiger partial charge in [0.25, 0.3) is 5.91 Å². The minimum Gasteiger partial charge on any atom is -0.478 e. The number of aryl methyl sites for hydroxylation is 1. The highest BCUT2D eigenvalue weighted by Crippen LogP contribution is 2.26. The summed E-state index contributed by atoms with van der Waals surface area (Å²) < 4.78 is 0. The summed E-state index contributed by atoms with van der Waals surface area (Å²) in [6, 6.07) is 24.0. The number of halogens is 1. The first-order chi connectivity index (χ1) is 16.4. The highest BCUT2D eigenvalue weighted by atomic mass is 35.5. The summed E-state index contributed by atoms with van der Waals surface area (Å²) >= 11 is 7.73. The molecular formula is C27H21ClN2O3S. The molecule has 0 saturated carbocycles. The van der Waals surface area contributed by atoms with Crippen LogP contribution in [0.4, 0.5) is 5.69 Å². The molecule has 0 radical (unpaired) electrons. The van der Waals surface area contributed by atoms with Gasteiger partial charge >= 0.3 is 5.97 Å². The van der Waals surface area contributed by atoms with Crippen LogP contribution in [0.1, 0.15) is 32.0 Å². The molecule has 1 amide bonds. The van der Waals surface area contributed by atoms with Crippen LogP contribution in [0.5, 0.6) is 0 Å². The van der Waals surface area contributed by atoms with Crippen molar-refractivity contribution in [3.05, 3.63) is 112 Å². The smallest absolute Gasteiger partial charge is 0.337 e. The third kappa shape index (κ3) is 5.84. The molecule has 0 aliphatic rings. The van der Waals surface area contributed by atoms with Crippen molar-refractivity contribution in [1.82, 2.24) is 4.98 Å². The number of carbonyl (C=O) groups excluding carboxylic acids is 1. The van der Waals surface area contributed by atoms with E-state index in [4.69, 9.17) is 11.6 Å². The molecule has 0 spiro atoms. The molecule has 0 fully saturated rings. The van der Waals surface area contributed by atoms with Crippen molar-refractivity contribution < 1.29 is 14.7 Å². The van der Waals surface area contributed by atoms with Gasteiger partial charge in [0, 0.05) is 38.7 Å². The van der Waals surface area contributed by atoms with Crippen LogP contribution in [0.2, 0.25) is 5.02 Å². The molecule has 170 valence electrons. The maximum Gasteiger partial charge on any atom is 0.337 e. The lowest BCUT2D eigenvalue weighted by Crippen LogP contribution is -2.11. The monoisotopic (exact) mass is 488 g/mol. The van der Waals surface area contributed by atoms with Gasteiger partial charge in [-0.2, -0.15) is 0 Å². The van der Waals surface area contributed by atoms with Gasteiger partial charge in [-0.05, 0) is 66.6 Å². The lowest BCUT2D eigenvalue weighted by atomic mass is 10.0. The average Bonchev–Trinajstić information content (AvgIpc) is 2.84. The van der Waals surface area contributed by atoms with E-state index in [1.165, 1.54) is 0 Å². The Kier molecular flexibility index (Phi) is 7.30. The van der Waals surface area contributed by atoms with E-state index in [0.29, 0.717) is 27.5 Å². The number of nitrogens with one attached hydrogen (secondary N) is 1. The van der Waals surface area contributed by atoms with Gasteiger partial charge in [-0.3, -0.25) is 9.78 Å². The fourth-order valence-electron chi connectivity index (χ4n) is 3.36. The van der Waals surface area contributed by atoms with Crippen molar-refractivity contribution in [3.8, 4) is 11.1 Å². The summed E-state index contributed by atoms with van der Waals surface area (Å²) in [5.41, 5.74) is 4.23. The van der Waals surface area contributed by atoms with Gasteiger partial charge in [-0.1, -0.05) is 41.9 Å². The second kappa shape index (κ2) is 10.5. The molecule has 3 aromatic carbocycles. The fraction of sp³-hybridized carbons (Fsp3) is 0.0741. The molecule has 5 nitrogen and oxygen atoms in total. The molecule has 0 aliphatic carbocycles. The van der Waals surface area contributed by atoms with E-state index >= 15 is 0 Å². The van der Waals surface area contributed by atoms with Gasteiger partial charge in [0.1, 0.15) is 0 Å². The van der Waals surface area contributed by atoms with Crippen LogP contribution in [0, 0.1) is 6.92 Å². The van der Waals surface area contributed by atoms with Crippen LogP contribution in [0.3, 0.4) is 0 Å². The Morgan fingerprint density at radius 1 is 0.971 bits per heavy atom. The number of carboxylic acids is 1. The third-order valence-corrected chi connectivity index (χ3v) is 6.49. The molecule has 1 heterocycles. The first-order valence-corrected chi connectivity index (χ1v) is 11.8. The minimum atomic E-state index is -1.03. The molecule has 2 N–H and O–H groups in total. The Morgan fingerprint density at radius 2 is 1.74 bits per heavy atom. The van der Waals surface area contributed by atoms with Crippen molar-refractivity contribution in [3.63, 3.8) is 0 Å². The third-order valence-electron chi connectivity index (χ3n) is 5.19. The number of anilines is 1. The van der Waals surface area contributed by atoms with E-state index in [0.717, 1.165) is 21.8 Å². The predicted octanol–water partition coefficient (Wildman–Crippen LogP) is 6.95. The molecule has 0 bridgehead atoms. The second-order valence-corrected chi connectivity index (χ2v) is 9.13. The number of nitrogens with zero attached hydrogens (tertiary/aromatic N) is 1. The summed E-state index contributed by atoms with van der Waals surface area (Å²) in [6.07, 6.45) is 1.61. The van der Waals surface area contributed by atoms with E-state index in [9.17, 15) is 14.7 Å². The van der Waals surface area contributed by atoms with Crippen molar-refractivity contribution >= 4 is 40.9 Å². The van der Waals surface area contributed by atoms with E-state index < -0.39 is 5.97 Å². The summed E-state index contributed by atoms with van der Waals surface area (Å²) in [5.74, 6) is -0.490. The summed E-state index contributed by atoms with van der Waals surface area (Å²) in [7, 11) is 0. The molecular weight excluding hydrogens is 468 g/mol. The lowest BCUT2D eigenvalue weighted by Gasteiger charge is -2.09. The van der Waals surface area contributed by atoms with Gasteiger partial charge in [0.2, 0.25) is 0 Å². The normalized spacial score (nSPS) is 10.6. The number of aromatic carboxylic acids is 1. The maximum absolute atomic E-state index is 12.8. The largest absolute Gasteiger partial charge is 0.478 e. The molecule has 0 unspecified atom stereocenters. The van der Waals surface area contributed by atoms with E-state index in [2.05, 4.69) is 10.3 Å². The number of thioether (sulfide) groups is 1. The average molecular weight is 489 g/mol. The van der Waals surface area contributed by atoms with Gasteiger partial charge in [-0.15, -0.1) is 11.8 Å². The Hall–Kier alpha value is -3.61. The highest BCUT2D eigenvalue weighted by molar-refractivity contribution is 7.98. The van der Waals surface area contributed by atoms with Gasteiger partial charge < -0.3 is 10.4 Å². The standard InChI is InChI=1S/C27H21ClN2O3S/c1-17-25(27(32)33)13-21(15-29-17)19-4-2-5-20(12-19)26(31)30-23-10-8-18(9-11-23)16-34-24-7-3-6-22(28)14-24/h2-15H,16H2,1H3,(H,30,31)(H,32,33). The molecule has 0 atom stereocenters. The summed E-state index contributed by atoms with van der Waals surface area (Å²) in [4.78, 5) is 29.5. The zero-order valence-electron chi connectivity index (χ0n) is 18.3. The number of rotatable bonds is 7. The first kappa shape index (κ1) is 23.5. The Bertz CT molecular complexity index is 1360. The summed E-state index contributed by atoms with van der Waals surface area (Å²) in [5, 5.41) is 13.0. The quantitative estimate of drug-likeness (QED) is 0.275. The fourth-order valence-corrected chi connectivity index (χ4v) is 4.52. The van der Waals surface area contributed by atoms with Gasteiger partial charge in [0.15, 0.2) is 0 Å². The number of carbonyl (C=O) groups is 2. The number of aromatic nitrogens is 1. The first-order valence-electron chi connectivity index (χ1n) is 10.5. The van der Waals surface area contributed by atoms with E-state index in [1.807, 2.05) is 54.6 Å².